The van der Waals surface area contributed by atoms with Gasteiger partial charge >= 0.3 is 0 Å². The summed E-state index contributed by atoms with van der Waals surface area (Å²) in [6.07, 6.45) is 1.70. The number of nitrogens with one attached hydrogen (secondary N) is 1. The molecule has 1 N–H and O–H groups in total. The molecule has 6 nitrogen and oxygen atoms in total. The molecule has 2 aromatic heterocycles. The van der Waals surface area contributed by atoms with Crippen molar-refractivity contribution in [3.8, 4) is 0 Å². The quantitative estimate of drug-likeness (QED) is 0.404. The maximum absolute atomic E-state index is 12.9. The number of fused-ring (bicyclic) bond motifs is 3. The number of quaternary nitrogens is 1. The van der Waals surface area contributed by atoms with Gasteiger partial charge in [0, 0.05) is 12.1 Å². The lowest BCUT2D eigenvalue weighted by molar-refractivity contribution is -0.917. The van der Waals surface area contributed by atoms with Crippen molar-refractivity contribution in [2.75, 3.05) is 7.05 Å². The van der Waals surface area contributed by atoms with E-state index < -0.39 is 0 Å². The number of hydrogen-bond acceptors (Lipinski definition) is 3. The maximum Gasteiger partial charge on any atom is 0.263 e. The molecule has 1 unspecified atom stereocenters. The van der Waals surface area contributed by atoms with E-state index in [0.717, 1.165) is 12.1 Å². The van der Waals surface area contributed by atoms with Crippen molar-refractivity contribution in [2.24, 2.45) is 0 Å². The van der Waals surface area contributed by atoms with Gasteiger partial charge in [-0.15, -0.1) is 11.7 Å². The van der Waals surface area contributed by atoms with Crippen LogP contribution in [0.3, 0.4) is 0 Å². The van der Waals surface area contributed by atoms with Gasteiger partial charge in [0.25, 0.3) is 5.56 Å². The number of allylic oxidation sites excluding steroid dienone is 1. The third-order valence-electron chi connectivity index (χ3n) is 4.76. The van der Waals surface area contributed by atoms with E-state index in [4.69, 9.17) is 17.3 Å². The van der Waals surface area contributed by atoms with Crippen LogP contribution in [0.5, 0.6) is 0 Å². The molecular weight excluding hydrogens is 370 g/mol. The third-order valence-corrected chi connectivity index (χ3v) is 5.16. The molecule has 4 aromatic rings. The van der Waals surface area contributed by atoms with Gasteiger partial charge in [-0.2, -0.15) is 4.68 Å². The highest BCUT2D eigenvalue weighted by atomic mass is 32.1. The van der Waals surface area contributed by atoms with E-state index in [1.807, 2.05) is 46.9 Å². The van der Waals surface area contributed by atoms with Crippen LogP contribution >= 0.6 is 12.2 Å². The van der Waals surface area contributed by atoms with Gasteiger partial charge in [0.05, 0.1) is 18.0 Å². The summed E-state index contributed by atoms with van der Waals surface area (Å²) in [4.78, 5) is 14.2. The maximum atomic E-state index is 12.9. The van der Waals surface area contributed by atoms with Crippen molar-refractivity contribution in [2.45, 2.75) is 19.8 Å². The Kier molecular flexibility index (Phi) is 4.93. The van der Waals surface area contributed by atoms with Crippen LogP contribution in [0, 0.1) is 4.77 Å². The van der Waals surface area contributed by atoms with Crippen molar-refractivity contribution < 1.29 is 4.90 Å². The first-order chi connectivity index (χ1) is 13.6. The molecule has 142 valence electrons. The van der Waals surface area contributed by atoms with Gasteiger partial charge in [0.1, 0.15) is 6.54 Å². The summed E-state index contributed by atoms with van der Waals surface area (Å²) in [5, 5.41) is 5.32. The zero-order chi connectivity index (χ0) is 19.7. The summed E-state index contributed by atoms with van der Waals surface area (Å²) < 4.78 is 5.88. The van der Waals surface area contributed by atoms with Gasteiger partial charge in [-0.25, -0.2) is 0 Å². The minimum absolute atomic E-state index is 0.0832. The molecule has 0 fully saturated rings. The summed E-state index contributed by atoms with van der Waals surface area (Å²) in [7, 11) is 2.10. The summed E-state index contributed by atoms with van der Waals surface area (Å²) in [6.45, 7) is 5.62. The molecule has 0 spiro atoms. The van der Waals surface area contributed by atoms with Gasteiger partial charge in [-0.05, 0) is 24.4 Å². The van der Waals surface area contributed by atoms with E-state index in [2.05, 4.69) is 25.8 Å². The molecule has 0 aliphatic heterocycles. The second kappa shape index (κ2) is 7.53. The molecule has 1 atom stereocenters. The Labute approximate surface area is 167 Å². The second-order valence-corrected chi connectivity index (χ2v) is 7.28. The predicted octanol–water partition coefficient (Wildman–Crippen LogP) is 2.04. The molecule has 0 bridgehead atoms. The zero-order valence-corrected chi connectivity index (χ0v) is 16.5. The Balaban J connectivity index is 1.82. The predicted molar refractivity (Wildman–Crippen MR) is 113 cm³/mol. The van der Waals surface area contributed by atoms with Crippen LogP contribution in [0.25, 0.3) is 16.7 Å². The van der Waals surface area contributed by atoms with Gasteiger partial charge < -0.3 is 4.90 Å². The topological polar surface area (TPSA) is 48.7 Å². The number of para-hydroxylation sites is 1. The van der Waals surface area contributed by atoms with Gasteiger partial charge in [-0.1, -0.05) is 48.5 Å². The standard InChI is InChI=1S/C21H21N5OS/c1-3-13-24-19(27)17-11-7-8-12-18(17)26-20(24)22-25(21(26)28)15-23(2)14-16-9-5-4-6-10-16/h3-12H,1,13-15H2,2H3/p+1. The summed E-state index contributed by atoms with van der Waals surface area (Å²) in [5.41, 5.74) is 1.95. The van der Waals surface area contributed by atoms with E-state index in [-0.39, 0.29) is 5.56 Å². The van der Waals surface area contributed by atoms with Crippen LogP contribution in [-0.4, -0.2) is 25.8 Å². The molecule has 2 aromatic carbocycles. The van der Waals surface area contributed by atoms with Crippen LogP contribution in [0.15, 0.2) is 72.0 Å². The Morgan fingerprint density at radius 3 is 2.61 bits per heavy atom. The number of hydrogen-bond donors (Lipinski definition) is 1. The second-order valence-electron chi connectivity index (χ2n) is 6.92. The van der Waals surface area contributed by atoms with E-state index in [0.29, 0.717) is 29.1 Å². The minimum atomic E-state index is -0.0832. The van der Waals surface area contributed by atoms with Gasteiger partial charge in [0.2, 0.25) is 10.5 Å². The minimum Gasteiger partial charge on any atom is -0.315 e. The van der Waals surface area contributed by atoms with Crippen molar-refractivity contribution in [1.82, 2.24) is 18.7 Å². The highest BCUT2D eigenvalue weighted by Crippen LogP contribution is 2.14. The van der Waals surface area contributed by atoms with Crippen LogP contribution < -0.4 is 10.5 Å². The third kappa shape index (κ3) is 3.19. The first-order valence-corrected chi connectivity index (χ1v) is 9.58. The molecule has 7 heteroatoms. The molecule has 2 heterocycles. The molecular formula is C21H22N5OS+. The average Bonchev–Trinajstić information content (AvgIpc) is 3.02. The first kappa shape index (κ1) is 18.3. The Morgan fingerprint density at radius 1 is 1.14 bits per heavy atom. The van der Waals surface area contributed by atoms with Crippen molar-refractivity contribution >= 4 is 28.9 Å². The number of rotatable bonds is 6. The van der Waals surface area contributed by atoms with Crippen LogP contribution in [0.1, 0.15) is 5.56 Å². The van der Waals surface area contributed by atoms with Gasteiger partial charge in [0.15, 0.2) is 6.67 Å². The SMILES string of the molecule is C=CCn1c(=O)c2ccccc2n2c(=S)n(C[NH+](C)Cc3ccccc3)nc12. The van der Waals surface area contributed by atoms with E-state index in [1.54, 1.807) is 15.3 Å². The normalized spacial score (nSPS) is 12.5. The lowest BCUT2D eigenvalue weighted by Gasteiger charge is -2.13. The molecule has 0 aliphatic carbocycles. The molecule has 0 aliphatic rings. The van der Waals surface area contributed by atoms with Crippen molar-refractivity contribution in [1.29, 1.82) is 0 Å². The highest BCUT2D eigenvalue weighted by molar-refractivity contribution is 7.71. The lowest BCUT2D eigenvalue weighted by Crippen LogP contribution is -3.07. The van der Waals surface area contributed by atoms with E-state index in [1.165, 1.54) is 10.5 Å². The highest BCUT2D eigenvalue weighted by Gasteiger charge is 2.16. The lowest BCUT2D eigenvalue weighted by atomic mass is 10.2. The molecule has 0 amide bonds. The molecule has 0 radical (unpaired) electrons. The average molecular weight is 393 g/mol. The Morgan fingerprint density at radius 2 is 1.86 bits per heavy atom. The number of nitrogens with zero attached hydrogens (tertiary/aromatic N) is 4. The summed E-state index contributed by atoms with van der Waals surface area (Å²) >= 11 is 5.73. The first-order valence-electron chi connectivity index (χ1n) is 9.17. The Hall–Kier alpha value is -3.03. The fourth-order valence-corrected chi connectivity index (χ4v) is 3.81. The molecule has 4 rings (SSSR count). The van der Waals surface area contributed by atoms with Crippen molar-refractivity contribution in [3.63, 3.8) is 0 Å². The fourth-order valence-electron chi connectivity index (χ4n) is 3.52. The number of aromatic nitrogens is 4. The number of benzene rings is 2. The van der Waals surface area contributed by atoms with Crippen LogP contribution in [0.2, 0.25) is 0 Å². The summed E-state index contributed by atoms with van der Waals surface area (Å²) in [5.74, 6) is 0.543. The summed E-state index contributed by atoms with van der Waals surface area (Å²) in [6, 6.07) is 17.8. The zero-order valence-electron chi connectivity index (χ0n) is 15.7. The smallest absolute Gasteiger partial charge is 0.263 e. The van der Waals surface area contributed by atoms with E-state index in [9.17, 15) is 4.79 Å². The largest absolute Gasteiger partial charge is 0.315 e. The fraction of sp³-hybridized carbons (Fsp3) is 0.190. The van der Waals surface area contributed by atoms with Gasteiger partial charge in [-0.3, -0.25) is 13.8 Å². The van der Waals surface area contributed by atoms with Crippen molar-refractivity contribution in [3.05, 3.63) is 87.9 Å². The molecule has 0 saturated heterocycles. The van der Waals surface area contributed by atoms with E-state index >= 15 is 0 Å². The Bertz CT molecular complexity index is 1270. The molecule has 28 heavy (non-hydrogen) atoms. The molecule has 0 saturated carbocycles. The van der Waals surface area contributed by atoms with Crippen LogP contribution in [0.4, 0.5) is 0 Å². The monoisotopic (exact) mass is 392 g/mol. The van der Waals surface area contributed by atoms with Crippen LogP contribution in [-0.2, 0) is 19.8 Å².